The van der Waals surface area contributed by atoms with Crippen molar-refractivity contribution in [3.63, 3.8) is 0 Å². The predicted octanol–water partition coefficient (Wildman–Crippen LogP) is 2.40. The Labute approximate surface area is 77.3 Å². The summed E-state index contributed by atoms with van der Waals surface area (Å²) in [5.41, 5.74) is 0. The summed E-state index contributed by atoms with van der Waals surface area (Å²) in [4.78, 5) is 10.2. The summed E-state index contributed by atoms with van der Waals surface area (Å²) in [5, 5.41) is 8.40. The van der Waals surface area contributed by atoms with Gasteiger partial charge in [-0.05, 0) is 13.8 Å². The maximum absolute atomic E-state index is 10.2. The Morgan fingerprint density at radius 3 is 2.20 bits per heavy atom. The molecule has 0 saturated carbocycles. The predicted molar refractivity (Wildman–Crippen MR) is 48.0 cm³/mol. The third-order valence-corrected chi connectivity index (χ3v) is 3.73. The number of hydrogen-bond acceptors (Lipinski definition) is 1. The molecule has 10 heavy (non-hydrogen) atoms. The number of carbonyl (C=O) groups is 1. The minimum Gasteiger partial charge on any atom is -0.481 e. The molecule has 4 heteroatoms. The molecule has 0 saturated heterocycles. The second-order valence-electron chi connectivity index (χ2n) is 2.63. The van der Waals surface area contributed by atoms with Crippen molar-refractivity contribution < 1.29 is 9.90 Å². The lowest BCUT2D eigenvalue weighted by atomic mass is 10.1. The highest BCUT2D eigenvalue weighted by molar-refractivity contribution is 9.12. The monoisotopic (exact) mass is 272 g/mol. The van der Waals surface area contributed by atoms with Crippen LogP contribution in [0.1, 0.15) is 20.3 Å². The van der Waals surface area contributed by atoms with E-state index in [1.807, 2.05) is 13.8 Å². The summed E-state index contributed by atoms with van der Waals surface area (Å²) in [6, 6.07) is 0. The van der Waals surface area contributed by atoms with Gasteiger partial charge in [-0.1, -0.05) is 31.9 Å². The largest absolute Gasteiger partial charge is 0.481 e. The van der Waals surface area contributed by atoms with E-state index in [0.717, 1.165) is 0 Å². The smallest absolute Gasteiger partial charge is 0.304 e. The zero-order valence-corrected chi connectivity index (χ0v) is 9.07. The van der Waals surface area contributed by atoms with Gasteiger partial charge in [0.15, 0.2) is 0 Å². The van der Waals surface area contributed by atoms with Gasteiger partial charge in [0.25, 0.3) is 0 Å². The van der Waals surface area contributed by atoms with Crippen LogP contribution in [0.2, 0.25) is 0 Å². The molecule has 2 nitrogen and oxygen atoms in total. The molecule has 0 rings (SSSR count). The molecule has 0 aliphatic rings. The molecule has 0 aromatic rings. The van der Waals surface area contributed by atoms with Crippen molar-refractivity contribution in [1.82, 2.24) is 0 Å². The number of rotatable bonds is 3. The van der Waals surface area contributed by atoms with Gasteiger partial charge in [-0.25, -0.2) is 0 Å². The maximum atomic E-state index is 10.2. The van der Waals surface area contributed by atoms with Crippen molar-refractivity contribution >= 4 is 37.8 Å². The summed E-state index contributed by atoms with van der Waals surface area (Å²) < 4.78 is -0.161. The van der Waals surface area contributed by atoms with Gasteiger partial charge < -0.3 is 5.11 Å². The molecule has 60 valence electrons. The van der Waals surface area contributed by atoms with Crippen molar-refractivity contribution in [1.29, 1.82) is 0 Å². The highest BCUT2D eigenvalue weighted by Crippen LogP contribution is 2.28. The van der Waals surface area contributed by atoms with Crippen LogP contribution in [0.5, 0.6) is 0 Å². The first-order valence-corrected chi connectivity index (χ1v) is 4.59. The van der Waals surface area contributed by atoms with Crippen LogP contribution in [0.4, 0.5) is 0 Å². The van der Waals surface area contributed by atoms with E-state index < -0.39 is 5.97 Å². The van der Waals surface area contributed by atoms with E-state index in [1.165, 1.54) is 0 Å². The van der Waals surface area contributed by atoms with Crippen molar-refractivity contribution in [2.45, 2.75) is 29.4 Å². The summed E-state index contributed by atoms with van der Waals surface area (Å²) >= 11 is 6.63. The Balaban J connectivity index is 3.85. The number of alkyl halides is 2. The van der Waals surface area contributed by atoms with Crippen molar-refractivity contribution in [3.8, 4) is 0 Å². The van der Waals surface area contributed by atoms with Crippen molar-refractivity contribution in [3.05, 3.63) is 0 Å². The molecule has 0 aromatic carbocycles. The lowest BCUT2D eigenvalue weighted by Gasteiger charge is -2.21. The Kier molecular flexibility index (Phi) is 3.88. The first-order chi connectivity index (χ1) is 4.34. The van der Waals surface area contributed by atoms with Crippen molar-refractivity contribution in [2.75, 3.05) is 0 Å². The van der Waals surface area contributed by atoms with Crippen LogP contribution >= 0.6 is 31.9 Å². The van der Waals surface area contributed by atoms with E-state index in [4.69, 9.17) is 5.11 Å². The minimum atomic E-state index is -0.783. The molecule has 1 unspecified atom stereocenters. The Morgan fingerprint density at radius 2 is 2.10 bits per heavy atom. The fourth-order valence-corrected chi connectivity index (χ4v) is 0.835. The van der Waals surface area contributed by atoms with Crippen LogP contribution in [0.15, 0.2) is 0 Å². The average Bonchev–Trinajstić information content (AvgIpc) is 1.60. The molecule has 0 aliphatic carbocycles. The topological polar surface area (TPSA) is 37.3 Å². The summed E-state index contributed by atoms with van der Waals surface area (Å²) in [7, 11) is 0. The number of halogens is 2. The van der Waals surface area contributed by atoms with Gasteiger partial charge in [0, 0.05) is 9.15 Å². The zero-order valence-electron chi connectivity index (χ0n) is 5.90. The molecule has 0 aliphatic heterocycles. The van der Waals surface area contributed by atoms with Crippen LogP contribution in [-0.4, -0.2) is 20.2 Å². The summed E-state index contributed by atoms with van der Waals surface area (Å²) in [5.74, 6) is -0.783. The van der Waals surface area contributed by atoms with Gasteiger partial charge in [0.05, 0.1) is 6.42 Å². The highest BCUT2D eigenvalue weighted by Gasteiger charge is 2.25. The Morgan fingerprint density at radius 1 is 1.70 bits per heavy atom. The second kappa shape index (κ2) is 3.72. The molecule has 1 N–H and O–H groups in total. The molecule has 0 radical (unpaired) electrons. The first kappa shape index (κ1) is 10.4. The standard InChI is InChI=1S/C6H10Br2O2/c1-6(2,8)4(7)3-5(9)10/h4H,3H2,1-2H3,(H,9,10). The second-order valence-corrected chi connectivity index (χ2v) is 5.78. The number of carboxylic acids is 1. The SMILES string of the molecule is CC(C)(Br)C(Br)CC(=O)O. The fourth-order valence-electron chi connectivity index (χ4n) is 0.396. The van der Waals surface area contributed by atoms with E-state index in [0.29, 0.717) is 0 Å². The van der Waals surface area contributed by atoms with E-state index in [2.05, 4.69) is 31.9 Å². The van der Waals surface area contributed by atoms with Crippen LogP contribution in [0.25, 0.3) is 0 Å². The number of hydrogen-bond donors (Lipinski definition) is 1. The first-order valence-electron chi connectivity index (χ1n) is 2.89. The van der Waals surface area contributed by atoms with Crippen molar-refractivity contribution in [2.24, 2.45) is 0 Å². The van der Waals surface area contributed by atoms with Crippen LogP contribution in [0, 0.1) is 0 Å². The third-order valence-electron chi connectivity index (χ3n) is 1.10. The maximum Gasteiger partial charge on any atom is 0.304 e. The quantitative estimate of drug-likeness (QED) is 0.802. The lowest BCUT2D eigenvalue weighted by Crippen LogP contribution is -2.26. The molecule has 0 bridgehead atoms. The molecule has 0 amide bonds. The zero-order chi connectivity index (χ0) is 8.36. The van der Waals surface area contributed by atoms with Gasteiger partial charge in [-0.15, -0.1) is 0 Å². The van der Waals surface area contributed by atoms with Gasteiger partial charge in [-0.2, -0.15) is 0 Å². The molecular weight excluding hydrogens is 264 g/mol. The third kappa shape index (κ3) is 4.28. The molecule has 0 fully saturated rings. The summed E-state index contributed by atoms with van der Waals surface area (Å²) in [6.07, 6.45) is 0.137. The molecule has 1 atom stereocenters. The minimum absolute atomic E-state index is 0.0301. The van der Waals surface area contributed by atoms with Crippen LogP contribution < -0.4 is 0 Å². The fraction of sp³-hybridized carbons (Fsp3) is 0.833. The van der Waals surface area contributed by atoms with Crippen LogP contribution in [0.3, 0.4) is 0 Å². The van der Waals surface area contributed by atoms with Crippen LogP contribution in [-0.2, 0) is 4.79 Å². The lowest BCUT2D eigenvalue weighted by molar-refractivity contribution is -0.137. The number of aliphatic carboxylic acids is 1. The molecule has 0 heterocycles. The normalized spacial score (nSPS) is 14.8. The Hall–Kier alpha value is 0.430. The Bertz CT molecular complexity index is 128. The molecule has 0 spiro atoms. The summed E-state index contributed by atoms with van der Waals surface area (Å²) in [6.45, 7) is 3.85. The molecular formula is C6H10Br2O2. The number of carboxylic acid groups (broad SMARTS) is 1. The van der Waals surface area contributed by atoms with E-state index in [1.54, 1.807) is 0 Å². The molecule has 0 aromatic heterocycles. The van der Waals surface area contributed by atoms with Gasteiger partial charge in [-0.3, -0.25) is 4.79 Å². The van der Waals surface area contributed by atoms with E-state index in [-0.39, 0.29) is 15.6 Å². The van der Waals surface area contributed by atoms with E-state index in [9.17, 15) is 4.79 Å². The average molecular weight is 274 g/mol. The van der Waals surface area contributed by atoms with Gasteiger partial charge in [0.1, 0.15) is 0 Å². The van der Waals surface area contributed by atoms with Gasteiger partial charge >= 0.3 is 5.97 Å². The highest BCUT2D eigenvalue weighted by atomic mass is 79.9. The van der Waals surface area contributed by atoms with E-state index >= 15 is 0 Å². The van der Waals surface area contributed by atoms with Gasteiger partial charge in [0.2, 0.25) is 0 Å².